The highest BCUT2D eigenvalue weighted by molar-refractivity contribution is 5.79. The molecule has 0 unspecified atom stereocenters. The lowest BCUT2D eigenvalue weighted by Crippen LogP contribution is -2.41. The van der Waals surface area contributed by atoms with Crippen LogP contribution in [0.4, 0.5) is 0 Å². The maximum Gasteiger partial charge on any atom is 0.311 e. The molecule has 0 radical (unpaired) electrons. The second-order valence-electron chi connectivity index (χ2n) is 6.28. The molecule has 2 N–H and O–H groups in total. The van der Waals surface area contributed by atoms with Gasteiger partial charge in [-0.3, -0.25) is 9.59 Å². The highest BCUT2D eigenvalue weighted by atomic mass is 16.4. The number of amides is 1. The van der Waals surface area contributed by atoms with E-state index >= 15 is 0 Å². The van der Waals surface area contributed by atoms with Crippen molar-refractivity contribution in [2.24, 2.45) is 11.3 Å². The molecule has 108 valence electrons. The summed E-state index contributed by atoms with van der Waals surface area (Å²) in [7, 11) is 0. The van der Waals surface area contributed by atoms with Crippen molar-refractivity contribution in [3.05, 3.63) is 0 Å². The van der Waals surface area contributed by atoms with E-state index in [1.54, 1.807) is 0 Å². The summed E-state index contributed by atoms with van der Waals surface area (Å²) in [5, 5.41) is 12.2. The first kappa shape index (κ1) is 14.4. The molecule has 19 heavy (non-hydrogen) atoms. The molecule has 0 bridgehead atoms. The largest absolute Gasteiger partial charge is 0.481 e. The minimum absolute atomic E-state index is 0.0411. The monoisotopic (exact) mass is 267 g/mol. The van der Waals surface area contributed by atoms with E-state index in [0.29, 0.717) is 31.7 Å². The number of carbonyl (C=O) groups is 2. The van der Waals surface area contributed by atoms with Gasteiger partial charge in [0.2, 0.25) is 5.91 Å². The van der Waals surface area contributed by atoms with Crippen molar-refractivity contribution in [1.82, 2.24) is 5.32 Å². The van der Waals surface area contributed by atoms with Gasteiger partial charge in [0.25, 0.3) is 0 Å². The highest BCUT2D eigenvalue weighted by Gasteiger charge is 2.41. The smallest absolute Gasteiger partial charge is 0.311 e. The van der Waals surface area contributed by atoms with E-state index in [2.05, 4.69) is 5.32 Å². The normalized spacial score (nSPS) is 23.2. The second kappa shape index (κ2) is 6.40. The Morgan fingerprint density at radius 1 is 1.05 bits per heavy atom. The van der Waals surface area contributed by atoms with Crippen molar-refractivity contribution < 1.29 is 14.7 Å². The second-order valence-corrected chi connectivity index (χ2v) is 6.28. The van der Waals surface area contributed by atoms with E-state index < -0.39 is 11.4 Å². The quantitative estimate of drug-likeness (QED) is 0.805. The zero-order valence-electron chi connectivity index (χ0n) is 11.6. The van der Waals surface area contributed by atoms with Crippen molar-refractivity contribution in [3.63, 3.8) is 0 Å². The minimum Gasteiger partial charge on any atom is -0.481 e. The number of hydrogen-bond acceptors (Lipinski definition) is 2. The minimum atomic E-state index is -0.747. The van der Waals surface area contributed by atoms with Crippen molar-refractivity contribution in [1.29, 1.82) is 0 Å². The Balaban J connectivity index is 1.77. The first-order valence-electron chi connectivity index (χ1n) is 7.62. The van der Waals surface area contributed by atoms with Crippen molar-refractivity contribution >= 4 is 11.9 Å². The molecule has 0 saturated heterocycles. The Morgan fingerprint density at radius 2 is 1.68 bits per heavy atom. The number of nitrogens with one attached hydrogen (secondary N) is 1. The van der Waals surface area contributed by atoms with Gasteiger partial charge >= 0.3 is 5.97 Å². The third-order valence-electron chi connectivity index (χ3n) is 4.84. The van der Waals surface area contributed by atoms with E-state index in [1.165, 1.54) is 19.3 Å². The Morgan fingerprint density at radius 3 is 2.26 bits per heavy atom. The molecule has 4 heteroatoms. The Bertz CT molecular complexity index is 328. The van der Waals surface area contributed by atoms with Crippen LogP contribution in [0.25, 0.3) is 0 Å². The van der Waals surface area contributed by atoms with E-state index in [0.717, 1.165) is 25.7 Å². The van der Waals surface area contributed by atoms with E-state index in [1.807, 2.05) is 0 Å². The number of aliphatic carboxylic acids is 1. The summed E-state index contributed by atoms with van der Waals surface area (Å²) in [5.74, 6) is -0.194. The molecule has 2 aliphatic carbocycles. The molecular weight excluding hydrogens is 242 g/mol. The van der Waals surface area contributed by atoms with Gasteiger partial charge in [-0.1, -0.05) is 32.1 Å². The van der Waals surface area contributed by atoms with Gasteiger partial charge in [0.1, 0.15) is 0 Å². The zero-order valence-corrected chi connectivity index (χ0v) is 11.6. The van der Waals surface area contributed by atoms with Gasteiger partial charge in [0, 0.05) is 13.0 Å². The predicted octanol–water partition coefficient (Wildman–Crippen LogP) is 2.72. The lowest BCUT2D eigenvalue weighted by Gasteiger charge is -2.25. The number of carboxylic acid groups (broad SMARTS) is 1. The molecular formula is C15H25NO3. The summed E-state index contributed by atoms with van der Waals surface area (Å²) < 4.78 is 0. The van der Waals surface area contributed by atoms with Crippen LogP contribution in [0, 0.1) is 11.3 Å². The average Bonchev–Trinajstić information content (AvgIpc) is 2.88. The summed E-state index contributed by atoms with van der Waals surface area (Å²) in [6.45, 7) is 0.313. The summed E-state index contributed by atoms with van der Waals surface area (Å²) in [6.07, 6.45) is 9.96. The summed E-state index contributed by atoms with van der Waals surface area (Å²) in [5.41, 5.74) is -0.692. The maximum atomic E-state index is 11.9. The number of rotatable bonds is 5. The molecule has 0 aromatic rings. The van der Waals surface area contributed by atoms with Gasteiger partial charge in [-0.15, -0.1) is 0 Å². The molecule has 2 aliphatic rings. The van der Waals surface area contributed by atoms with Gasteiger partial charge in [-0.05, 0) is 31.6 Å². The number of carbonyl (C=O) groups excluding carboxylic acids is 1. The molecule has 0 atom stereocenters. The first-order chi connectivity index (χ1) is 9.12. The van der Waals surface area contributed by atoms with Gasteiger partial charge in [-0.25, -0.2) is 0 Å². The van der Waals surface area contributed by atoms with E-state index in [-0.39, 0.29) is 5.91 Å². The standard InChI is InChI=1S/C15H25NO3/c17-13(10-12-6-2-1-3-7-12)16-11-15(14(18)19)8-4-5-9-15/h12H,1-11H2,(H,16,17)(H,18,19). The third-order valence-corrected chi connectivity index (χ3v) is 4.84. The van der Waals surface area contributed by atoms with Gasteiger partial charge < -0.3 is 10.4 Å². The lowest BCUT2D eigenvalue weighted by atomic mass is 9.85. The molecule has 0 spiro atoms. The first-order valence-corrected chi connectivity index (χ1v) is 7.62. The average molecular weight is 267 g/mol. The number of hydrogen-bond donors (Lipinski definition) is 2. The molecule has 2 rings (SSSR count). The molecule has 2 fully saturated rings. The molecule has 0 aliphatic heterocycles. The Hall–Kier alpha value is -1.06. The molecule has 0 aromatic heterocycles. The fraction of sp³-hybridized carbons (Fsp3) is 0.867. The van der Waals surface area contributed by atoms with Crippen LogP contribution >= 0.6 is 0 Å². The Kier molecular flexibility index (Phi) is 4.83. The molecule has 4 nitrogen and oxygen atoms in total. The summed E-state index contributed by atoms with van der Waals surface area (Å²) in [4.78, 5) is 23.3. The van der Waals surface area contributed by atoms with Crippen LogP contribution in [0.2, 0.25) is 0 Å². The molecule has 1 amide bonds. The van der Waals surface area contributed by atoms with Crippen LogP contribution in [0.3, 0.4) is 0 Å². The predicted molar refractivity (Wildman–Crippen MR) is 72.7 cm³/mol. The zero-order chi connectivity index (χ0) is 13.7. The van der Waals surface area contributed by atoms with Crippen LogP contribution in [-0.2, 0) is 9.59 Å². The van der Waals surface area contributed by atoms with Crippen molar-refractivity contribution in [3.8, 4) is 0 Å². The molecule has 0 aromatic carbocycles. The van der Waals surface area contributed by atoms with Crippen LogP contribution in [0.15, 0.2) is 0 Å². The summed E-state index contributed by atoms with van der Waals surface area (Å²) >= 11 is 0. The van der Waals surface area contributed by atoms with Crippen LogP contribution in [0.5, 0.6) is 0 Å². The maximum absolute atomic E-state index is 11.9. The van der Waals surface area contributed by atoms with Gasteiger partial charge in [0.15, 0.2) is 0 Å². The lowest BCUT2D eigenvalue weighted by molar-refractivity contribution is -0.148. The third kappa shape index (κ3) is 3.71. The molecule has 2 saturated carbocycles. The van der Waals surface area contributed by atoms with Crippen LogP contribution in [-0.4, -0.2) is 23.5 Å². The van der Waals surface area contributed by atoms with Crippen LogP contribution in [0.1, 0.15) is 64.2 Å². The number of carboxylic acids is 1. The fourth-order valence-corrected chi connectivity index (χ4v) is 3.51. The fourth-order valence-electron chi connectivity index (χ4n) is 3.51. The van der Waals surface area contributed by atoms with E-state index in [9.17, 15) is 14.7 Å². The summed E-state index contributed by atoms with van der Waals surface area (Å²) in [6, 6.07) is 0. The van der Waals surface area contributed by atoms with Gasteiger partial charge in [-0.2, -0.15) is 0 Å². The van der Waals surface area contributed by atoms with Crippen molar-refractivity contribution in [2.45, 2.75) is 64.2 Å². The SMILES string of the molecule is O=C(CC1CCCCC1)NCC1(C(=O)O)CCCC1. The molecule has 0 heterocycles. The Labute approximate surface area is 115 Å². The highest BCUT2D eigenvalue weighted by Crippen LogP contribution is 2.37. The van der Waals surface area contributed by atoms with Crippen LogP contribution < -0.4 is 5.32 Å². The van der Waals surface area contributed by atoms with E-state index in [4.69, 9.17) is 0 Å². The van der Waals surface area contributed by atoms with Gasteiger partial charge in [0.05, 0.1) is 5.41 Å². The topological polar surface area (TPSA) is 66.4 Å². The van der Waals surface area contributed by atoms with Crippen molar-refractivity contribution in [2.75, 3.05) is 6.54 Å².